The maximum absolute atomic E-state index is 13.9. The molecule has 2 nitrogen and oxygen atoms in total. The Labute approximate surface area is 140 Å². The van der Waals surface area contributed by atoms with Gasteiger partial charge in [0, 0.05) is 20.8 Å². The minimum atomic E-state index is -0.526. The van der Waals surface area contributed by atoms with E-state index in [9.17, 15) is 9.18 Å². The van der Waals surface area contributed by atoms with Gasteiger partial charge in [0.05, 0.1) is 6.61 Å². The minimum absolute atomic E-state index is 0.105. The molecule has 0 unspecified atom stereocenters. The van der Waals surface area contributed by atoms with Crippen LogP contribution in [-0.2, 0) is 4.74 Å². The summed E-state index contributed by atoms with van der Waals surface area (Å²) < 4.78 is 19.9. The van der Waals surface area contributed by atoms with E-state index in [1.807, 2.05) is 19.2 Å². The summed E-state index contributed by atoms with van der Waals surface area (Å²) in [6.45, 7) is 6.57. The normalized spacial score (nSPS) is 10.4. The number of hydrogen-bond acceptors (Lipinski definition) is 4. The molecule has 0 saturated carbocycles. The summed E-state index contributed by atoms with van der Waals surface area (Å²) >= 11 is 2.62. The number of fused-ring (bicyclic) bond motifs is 1. The number of rotatable bonds is 8. The van der Waals surface area contributed by atoms with E-state index in [2.05, 4.69) is 6.92 Å². The standard InChI is InChI=1S/C15H19FO2S2.C2H6/c1-2-3-4-5-6-7-8-18-15(17)14-13(16)11-9-19-10-12(11)20-14;1-2/h9-10H,2-8H2,1H3;1-2H3. The highest BCUT2D eigenvalue weighted by atomic mass is 32.1. The van der Waals surface area contributed by atoms with Gasteiger partial charge in [-0.05, 0) is 6.42 Å². The number of carbonyl (C=O) groups excluding carboxylic acids is 1. The average Bonchev–Trinajstić information content (AvgIpc) is 3.11. The third-order valence-electron chi connectivity index (χ3n) is 3.19. The second-order valence-electron chi connectivity index (χ2n) is 4.80. The maximum Gasteiger partial charge on any atom is 0.351 e. The first-order valence-electron chi connectivity index (χ1n) is 8.05. The molecule has 0 aliphatic carbocycles. The van der Waals surface area contributed by atoms with Crippen molar-refractivity contribution in [3.63, 3.8) is 0 Å². The molecule has 22 heavy (non-hydrogen) atoms. The lowest BCUT2D eigenvalue weighted by molar-refractivity contribution is 0.0499. The van der Waals surface area contributed by atoms with Gasteiger partial charge < -0.3 is 4.74 Å². The number of esters is 1. The van der Waals surface area contributed by atoms with Crippen LogP contribution in [0.25, 0.3) is 10.1 Å². The Balaban J connectivity index is 0.00000116. The number of hydrogen-bond donors (Lipinski definition) is 0. The zero-order valence-corrected chi connectivity index (χ0v) is 15.2. The van der Waals surface area contributed by atoms with Crippen molar-refractivity contribution in [3.05, 3.63) is 21.5 Å². The summed E-state index contributed by atoms with van der Waals surface area (Å²) in [6.07, 6.45) is 6.82. The molecular formula is C17H25FO2S2. The second-order valence-corrected chi connectivity index (χ2v) is 6.59. The number of halogens is 1. The molecule has 2 aromatic rings. The monoisotopic (exact) mass is 344 g/mol. The van der Waals surface area contributed by atoms with Gasteiger partial charge in [-0.3, -0.25) is 0 Å². The number of ether oxygens (including phenoxy) is 1. The summed E-state index contributed by atoms with van der Waals surface area (Å²) in [5.41, 5.74) is 0. The van der Waals surface area contributed by atoms with Gasteiger partial charge in [-0.2, -0.15) is 11.3 Å². The maximum atomic E-state index is 13.9. The topological polar surface area (TPSA) is 26.3 Å². The van der Waals surface area contributed by atoms with Gasteiger partial charge in [0.15, 0.2) is 5.82 Å². The number of thiophene rings is 2. The van der Waals surface area contributed by atoms with E-state index in [0.717, 1.165) is 17.5 Å². The molecular weight excluding hydrogens is 319 g/mol. The zero-order valence-electron chi connectivity index (χ0n) is 13.6. The largest absolute Gasteiger partial charge is 0.461 e. The van der Waals surface area contributed by atoms with Crippen molar-refractivity contribution in [1.82, 2.24) is 0 Å². The van der Waals surface area contributed by atoms with Crippen LogP contribution in [0.3, 0.4) is 0 Å². The van der Waals surface area contributed by atoms with E-state index in [1.54, 1.807) is 5.38 Å². The smallest absolute Gasteiger partial charge is 0.351 e. The van der Waals surface area contributed by atoms with E-state index < -0.39 is 11.8 Å². The fourth-order valence-corrected chi connectivity index (χ4v) is 3.98. The van der Waals surface area contributed by atoms with Gasteiger partial charge in [-0.1, -0.05) is 52.9 Å². The summed E-state index contributed by atoms with van der Waals surface area (Å²) in [7, 11) is 0. The molecule has 0 saturated heterocycles. The van der Waals surface area contributed by atoms with Crippen LogP contribution >= 0.6 is 22.7 Å². The zero-order chi connectivity index (χ0) is 16.4. The third-order valence-corrected chi connectivity index (χ3v) is 5.19. The van der Waals surface area contributed by atoms with Crippen LogP contribution in [0.4, 0.5) is 4.39 Å². The van der Waals surface area contributed by atoms with Gasteiger partial charge >= 0.3 is 5.97 Å². The molecule has 2 rings (SSSR count). The molecule has 0 aromatic carbocycles. The Morgan fingerprint density at radius 1 is 1.14 bits per heavy atom. The first-order valence-corrected chi connectivity index (χ1v) is 9.81. The SMILES string of the molecule is CC.CCCCCCCCOC(=O)c1sc2cscc2c1F. The molecule has 0 N–H and O–H groups in total. The van der Waals surface area contributed by atoms with Crippen molar-refractivity contribution in [1.29, 1.82) is 0 Å². The Bertz CT molecular complexity index is 560. The Morgan fingerprint density at radius 3 is 2.50 bits per heavy atom. The third kappa shape index (κ3) is 5.36. The molecule has 124 valence electrons. The molecule has 0 spiro atoms. The summed E-state index contributed by atoms with van der Waals surface area (Å²) in [5, 5.41) is 4.12. The highest BCUT2D eigenvalue weighted by molar-refractivity contribution is 7.24. The van der Waals surface area contributed by atoms with Crippen molar-refractivity contribution >= 4 is 38.7 Å². The fraction of sp³-hybridized carbons (Fsp3) is 0.588. The number of carbonyl (C=O) groups is 1. The van der Waals surface area contributed by atoms with E-state index in [0.29, 0.717) is 12.0 Å². The molecule has 0 amide bonds. The van der Waals surface area contributed by atoms with Crippen LogP contribution in [0.2, 0.25) is 0 Å². The molecule has 2 aromatic heterocycles. The van der Waals surface area contributed by atoms with E-state index in [4.69, 9.17) is 4.74 Å². The predicted molar refractivity (Wildman–Crippen MR) is 94.7 cm³/mol. The summed E-state index contributed by atoms with van der Waals surface area (Å²) in [5.74, 6) is -0.957. The fourth-order valence-electron chi connectivity index (χ4n) is 2.05. The predicted octanol–water partition coefficient (Wildman–Crippen LogP) is 6.65. The van der Waals surface area contributed by atoms with Crippen LogP contribution in [-0.4, -0.2) is 12.6 Å². The number of unbranched alkanes of at least 4 members (excludes halogenated alkanes) is 5. The van der Waals surface area contributed by atoms with E-state index in [-0.39, 0.29) is 4.88 Å². The quantitative estimate of drug-likeness (QED) is 0.396. The van der Waals surface area contributed by atoms with Gasteiger partial charge in [-0.25, -0.2) is 9.18 Å². The highest BCUT2D eigenvalue weighted by Gasteiger charge is 2.20. The highest BCUT2D eigenvalue weighted by Crippen LogP contribution is 2.33. The van der Waals surface area contributed by atoms with E-state index >= 15 is 0 Å². The van der Waals surface area contributed by atoms with Crippen molar-refractivity contribution in [2.75, 3.05) is 6.61 Å². The minimum Gasteiger partial charge on any atom is -0.461 e. The average molecular weight is 345 g/mol. The van der Waals surface area contributed by atoms with Crippen molar-refractivity contribution in [2.45, 2.75) is 59.3 Å². The van der Waals surface area contributed by atoms with Crippen LogP contribution in [0.5, 0.6) is 0 Å². The van der Waals surface area contributed by atoms with Gasteiger partial charge in [-0.15, -0.1) is 11.3 Å². The molecule has 0 aliphatic heterocycles. The lowest BCUT2D eigenvalue weighted by Gasteiger charge is -2.03. The first kappa shape index (κ1) is 19.1. The lowest BCUT2D eigenvalue weighted by Crippen LogP contribution is -2.06. The molecule has 5 heteroatoms. The van der Waals surface area contributed by atoms with Gasteiger partial charge in [0.25, 0.3) is 0 Å². The Kier molecular flexibility index (Phi) is 9.32. The van der Waals surface area contributed by atoms with Crippen LogP contribution in [0.15, 0.2) is 10.8 Å². The first-order chi connectivity index (χ1) is 10.7. The van der Waals surface area contributed by atoms with Crippen molar-refractivity contribution in [2.24, 2.45) is 0 Å². The molecule has 0 atom stereocenters. The van der Waals surface area contributed by atoms with Gasteiger partial charge in [0.2, 0.25) is 0 Å². The van der Waals surface area contributed by atoms with Gasteiger partial charge in [0.1, 0.15) is 4.88 Å². The lowest BCUT2D eigenvalue weighted by atomic mass is 10.1. The van der Waals surface area contributed by atoms with Crippen molar-refractivity contribution in [3.8, 4) is 0 Å². The molecule has 0 fully saturated rings. The summed E-state index contributed by atoms with van der Waals surface area (Å²) in [4.78, 5) is 11.9. The van der Waals surface area contributed by atoms with Crippen LogP contribution < -0.4 is 0 Å². The molecule has 2 heterocycles. The van der Waals surface area contributed by atoms with E-state index in [1.165, 1.54) is 48.4 Å². The molecule has 0 aliphatic rings. The second kappa shape index (κ2) is 10.7. The Morgan fingerprint density at radius 2 is 1.82 bits per heavy atom. The molecule has 0 bridgehead atoms. The van der Waals surface area contributed by atoms with Crippen molar-refractivity contribution < 1.29 is 13.9 Å². The molecule has 0 radical (unpaired) electrons. The Hall–Kier alpha value is -0.940. The van der Waals surface area contributed by atoms with Crippen LogP contribution in [0.1, 0.15) is 69.0 Å². The van der Waals surface area contributed by atoms with Crippen LogP contribution in [0, 0.1) is 5.82 Å². The summed E-state index contributed by atoms with van der Waals surface area (Å²) in [6, 6.07) is 0.